The van der Waals surface area contributed by atoms with Crippen molar-refractivity contribution in [3.8, 4) is 5.75 Å². The van der Waals surface area contributed by atoms with Gasteiger partial charge < -0.3 is 15.8 Å². The summed E-state index contributed by atoms with van der Waals surface area (Å²) in [4.78, 5) is 12.2. The van der Waals surface area contributed by atoms with Crippen molar-refractivity contribution in [1.29, 1.82) is 0 Å². The first-order chi connectivity index (χ1) is 11.0. The Morgan fingerprint density at radius 1 is 1.25 bits per heavy atom. The van der Waals surface area contributed by atoms with Gasteiger partial charge in [-0.15, -0.1) is 12.4 Å². The van der Waals surface area contributed by atoms with Crippen molar-refractivity contribution in [1.82, 2.24) is 5.32 Å². The van der Waals surface area contributed by atoms with Gasteiger partial charge in [-0.2, -0.15) is 0 Å². The monoisotopic (exact) mass is 392 g/mol. The molecule has 4 nitrogen and oxygen atoms in total. The standard InChI is InChI=1S/C17H22Cl2N2O2.ClH/c18-12-4-5-15(14(19)8-12)23-9-16(22)21-17-10-2-1-3-11(17)7-13(20)6-10;/h4-5,8,10-11,13,17H,1-3,6-7,9,20H2,(H,21,22);1H. The van der Waals surface area contributed by atoms with E-state index < -0.39 is 0 Å². The van der Waals surface area contributed by atoms with Gasteiger partial charge in [0.1, 0.15) is 5.75 Å². The molecular weight excluding hydrogens is 371 g/mol. The maximum atomic E-state index is 12.2. The maximum Gasteiger partial charge on any atom is 0.258 e. The fraction of sp³-hybridized carbons (Fsp3) is 0.588. The van der Waals surface area contributed by atoms with Crippen molar-refractivity contribution in [2.75, 3.05) is 6.61 Å². The zero-order valence-electron chi connectivity index (χ0n) is 13.3. The molecule has 2 saturated carbocycles. The largest absolute Gasteiger partial charge is 0.482 e. The molecule has 2 unspecified atom stereocenters. The van der Waals surface area contributed by atoms with E-state index in [1.54, 1.807) is 18.2 Å². The molecule has 2 aliphatic carbocycles. The Labute approximate surface area is 158 Å². The molecule has 2 fully saturated rings. The zero-order chi connectivity index (χ0) is 16.4. The van der Waals surface area contributed by atoms with Crippen LogP contribution in [0.3, 0.4) is 0 Å². The zero-order valence-corrected chi connectivity index (χ0v) is 15.7. The lowest BCUT2D eigenvalue weighted by molar-refractivity contribution is -0.125. The van der Waals surface area contributed by atoms with Crippen molar-refractivity contribution in [2.24, 2.45) is 17.6 Å². The molecule has 2 aliphatic rings. The Kier molecular flexibility index (Phi) is 7.05. The van der Waals surface area contributed by atoms with Crippen molar-refractivity contribution >= 4 is 41.5 Å². The van der Waals surface area contributed by atoms with E-state index in [-0.39, 0.29) is 37.0 Å². The second-order valence-electron chi connectivity index (χ2n) is 6.64. The van der Waals surface area contributed by atoms with Crippen LogP contribution in [-0.2, 0) is 4.79 Å². The van der Waals surface area contributed by atoms with Gasteiger partial charge in [0.2, 0.25) is 0 Å². The van der Waals surface area contributed by atoms with Crippen LogP contribution >= 0.6 is 35.6 Å². The van der Waals surface area contributed by atoms with E-state index in [4.69, 9.17) is 33.7 Å². The number of hydrogen-bond acceptors (Lipinski definition) is 3. The minimum Gasteiger partial charge on any atom is -0.482 e. The van der Waals surface area contributed by atoms with Crippen LogP contribution in [0.25, 0.3) is 0 Å². The molecule has 2 atom stereocenters. The van der Waals surface area contributed by atoms with Crippen LogP contribution in [0.15, 0.2) is 18.2 Å². The van der Waals surface area contributed by atoms with Gasteiger partial charge in [-0.3, -0.25) is 4.79 Å². The van der Waals surface area contributed by atoms with Gasteiger partial charge in [0.05, 0.1) is 5.02 Å². The molecule has 0 heterocycles. The Morgan fingerprint density at radius 2 is 1.92 bits per heavy atom. The third-order valence-corrected chi connectivity index (χ3v) is 5.49. The molecule has 0 saturated heterocycles. The second kappa shape index (κ2) is 8.61. The molecule has 3 N–H and O–H groups in total. The smallest absolute Gasteiger partial charge is 0.258 e. The number of nitrogens with two attached hydrogens (primary N) is 1. The molecule has 0 aliphatic heterocycles. The number of halogens is 3. The summed E-state index contributed by atoms with van der Waals surface area (Å²) in [6.07, 6.45) is 5.56. The lowest BCUT2D eigenvalue weighted by atomic mass is 9.67. The number of fused-ring (bicyclic) bond motifs is 2. The van der Waals surface area contributed by atoms with E-state index in [1.165, 1.54) is 6.42 Å². The van der Waals surface area contributed by atoms with Gasteiger partial charge in [0, 0.05) is 17.1 Å². The van der Waals surface area contributed by atoms with E-state index >= 15 is 0 Å². The number of rotatable bonds is 4. The lowest BCUT2D eigenvalue weighted by Crippen LogP contribution is -2.54. The third-order valence-electron chi connectivity index (χ3n) is 4.96. The molecule has 7 heteroatoms. The van der Waals surface area contributed by atoms with Crippen LogP contribution in [0.4, 0.5) is 0 Å². The SMILES string of the molecule is Cl.NC1CC2CCCC(C1)C2NC(=O)COc1ccc(Cl)cc1Cl. The predicted octanol–water partition coefficient (Wildman–Crippen LogP) is 3.82. The summed E-state index contributed by atoms with van der Waals surface area (Å²) in [6.45, 7) is -0.0383. The molecule has 0 aromatic heterocycles. The Hall–Kier alpha value is -0.680. The summed E-state index contributed by atoms with van der Waals surface area (Å²) in [5.41, 5.74) is 6.12. The summed E-state index contributed by atoms with van der Waals surface area (Å²) in [5.74, 6) is 1.37. The molecule has 3 rings (SSSR count). The highest BCUT2D eigenvalue weighted by Crippen LogP contribution is 2.39. The quantitative estimate of drug-likeness (QED) is 0.817. The second-order valence-corrected chi connectivity index (χ2v) is 7.48. The van der Waals surface area contributed by atoms with Gasteiger partial charge in [0.15, 0.2) is 6.61 Å². The van der Waals surface area contributed by atoms with Crippen LogP contribution in [0.5, 0.6) is 5.75 Å². The number of benzene rings is 1. The van der Waals surface area contributed by atoms with Crippen molar-refractivity contribution in [3.05, 3.63) is 28.2 Å². The van der Waals surface area contributed by atoms with Crippen molar-refractivity contribution in [3.63, 3.8) is 0 Å². The summed E-state index contributed by atoms with van der Waals surface area (Å²) in [5, 5.41) is 4.10. The molecule has 24 heavy (non-hydrogen) atoms. The molecule has 0 spiro atoms. The number of hydrogen-bond donors (Lipinski definition) is 2. The highest BCUT2D eigenvalue weighted by molar-refractivity contribution is 6.35. The summed E-state index contributed by atoms with van der Waals surface area (Å²) < 4.78 is 5.51. The van der Waals surface area contributed by atoms with E-state index in [2.05, 4.69) is 5.32 Å². The van der Waals surface area contributed by atoms with E-state index in [0.29, 0.717) is 27.6 Å². The van der Waals surface area contributed by atoms with Crippen molar-refractivity contribution < 1.29 is 9.53 Å². The van der Waals surface area contributed by atoms with E-state index in [9.17, 15) is 4.79 Å². The first kappa shape index (κ1) is 19.6. The Bertz CT molecular complexity index is 571. The van der Waals surface area contributed by atoms with E-state index in [0.717, 1.165) is 25.7 Å². The molecule has 0 radical (unpaired) electrons. The number of amides is 1. The molecule has 1 aromatic carbocycles. The fourth-order valence-corrected chi connectivity index (χ4v) is 4.45. The minimum atomic E-state index is -0.103. The van der Waals surface area contributed by atoms with Gasteiger partial charge >= 0.3 is 0 Å². The van der Waals surface area contributed by atoms with Gasteiger partial charge in [-0.05, 0) is 55.7 Å². The van der Waals surface area contributed by atoms with Gasteiger partial charge in [-0.25, -0.2) is 0 Å². The molecular formula is C17H23Cl3N2O2. The average Bonchev–Trinajstić information content (AvgIpc) is 2.47. The third kappa shape index (κ3) is 4.69. The van der Waals surface area contributed by atoms with Crippen LogP contribution < -0.4 is 15.8 Å². The number of ether oxygens (including phenoxy) is 1. The highest BCUT2D eigenvalue weighted by Gasteiger charge is 2.39. The Balaban J connectivity index is 0.00000208. The van der Waals surface area contributed by atoms with Crippen LogP contribution in [-0.4, -0.2) is 24.6 Å². The lowest BCUT2D eigenvalue weighted by Gasteiger charge is -2.45. The minimum absolute atomic E-state index is 0. The fourth-order valence-electron chi connectivity index (χ4n) is 3.99. The summed E-state index contributed by atoms with van der Waals surface area (Å²) >= 11 is 11.9. The van der Waals surface area contributed by atoms with Crippen LogP contribution in [0.2, 0.25) is 10.0 Å². The van der Waals surface area contributed by atoms with Gasteiger partial charge in [-0.1, -0.05) is 29.6 Å². The van der Waals surface area contributed by atoms with E-state index in [1.807, 2.05) is 0 Å². The van der Waals surface area contributed by atoms with Crippen molar-refractivity contribution in [2.45, 2.75) is 44.2 Å². The van der Waals surface area contributed by atoms with Crippen LogP contribution in [0, 0.1) is 11.8 Å². The first-order valence-corrected chi connectivity index (χ1v) is 8.91. The Morgan fingerprint density at radius 3 is 2.54 bits per heavy atom. The number of carbonyl (C=O) groups excluding carboxylic acids is 1. The molecule has 134 valence electrons. The topological polar surface area (TPSA) is 64.3 Å². The maximum absolute atomic E-state index is 12.2. The number of nitrogens with one attached hydrogen (secondary N) is 1. The molecule has 1 amide bonds. The highest BCUT2D eigenvalue weighted by atomic mass is 35.5. The first-order valence-electron chi connectivity index (χ1n) is 8.15. The number of carbonyl (C=O) groups is 1. The average molecular weight is 394 g/mol. The van der Waals surface area contributed by atoms with Crippen LogP contribution in [0.1, 0.15) is 32.1 Å². The molecule has 2 bridgehead atoms. The summed E-state index contributed by atoms with van der Waals surface area (Å²) in [6, 6.07) is 5.48. The van der Waals surface area contributed by atoms with Gasteiger partial charge in [0.25, 0.3) is 5.91 Å². The molecule has 1 aromatic rings. The predicted molar refractivity (Wildman–Crippen MR) is 99.2 cm³/mol. The summed E-state index contributed by atoms with van der Waals surface area (Å²) in [7, 11) is 0. The normalized spacial score (nSPS) is 28.6.